The molecule has 0 spiro atoms. The van der Waals surface area contributed by atoms with Crippen molar-refractivity contribution in [3.8, 4) is 0 Å². The first kappa shape index (κ1) is 26.0. The molecule has 0 aromatic heterocycles. The first-order valence-corrected chi connectivity index (χ1v) is 16.3. The monoisotopic (exact) mass is 746 g/mol. The Kier molecular flexibility index (Phi) is 12.1. The van der Waals surface area contributed by atoms with Crippen molar-refractivity contribution in [2.75, 3.05) is 0 Å². The number of fused-ring (bicyclic) bond motifs is 3. The minimum absolute atomic E-state index is 0.512. The Bertz CT molecular complexity index is 605. The Morgan fingerprint density at radius 2 is 1.07 bits per heavy atom. The smallest absolute Gasteiger partial charge is 0.0237 e. The zero-order chi connectivity index (χ0) is 21.3. The average molecular weight is 746 g/mol. The van der Waals surface area contributed by atoms with E-state index in [4.69, 9.17) is 6.58 Å². The van der Waals surface area contributed by atoms with Gasteiger partial charge in [-0.25, -0.2) is 0 Å². The van der Waals surface area contributed by atoms with E-state index in [1.165, 1.54) is 103 Å². The van der Waals surface area contributed by atoms with Gasteiger partial charge in [-0.05, 0) is 82.0 Å². The van der Waals surface area contributed by atoms with Gasteiger partial charge in [0.25, 0.3) is 0 Å². The van der Waals surface area contributed by atoms with Crippen molar-refractivity contribution in [2.45, 2.75) is 107 Å². The molecule has 0 amide bonds. The van der Waals surface area contributed by atoms with Gasteiger partial charge in [0.1, 0.15) is 0 Å². The van der Waals surface area contributed by atoms with E-state index in [1.54, 1.807) is 16.7 Å². The van der Waals surface area contributed by atoms with Gasteiger partial charge < -0.3 is 0 Å². The first-order chi connectivity index (χ1) is 14.7. The summed E-state index contributed by atoms with van der Waals surface area (Å²) in [4.78, 5) is 0. The van der Waals surface area contributed by atoms with Crippen LogP contribution in [0, 0.1) is 23.7 Å². The third kappa shape index (κ3) is 7.20. The van der Waals surface area contributed by atoms with Crippen LogP contribution in [0.3, 0.4) is 0 Å². The molecule has 170 valence electrons. The predicted molar refractivity (Wildman–Crippen MR) is 159 cm³/mol. The quantitative estimate of drug-likeness (QED) is 0.132. The van der Waals surface area contributed by atoms with E-state index >= 15 is 0 Å². The average Bonchev–Trinajstić information content (AvgIpc) is 2.73. The van der Waals surface area contributed by atoms with Gasteiger partial charge in [0.15, 0.2) is 0 Å². The summed E-state index contributed by atoms with van der Waals surface area (Å²) in [6, 6.07) is 0. The minimum atomic E-state index is 0.512. The lowest BCUT2D eigenvalue weighted by Gasteiger charge is -2.39. The van der Waals surface area contributed by atoms with E-state index < -0.39 is 0 Å². The van der Waals surface area contributed by atoms with Crippen LogP contribution in [0.2, 0.25) is 0 Å². The van der Waals surface area contributed by atoms with Crippen LogP contribution in [0.1, 0.15) is 103 Å². The van der Waals surface area contributed by atoms with Crippen molar-refractivity contribution < 1.29 is 0 Å². The molecule has 0 aromatic carbocycles. The fraction of sp³-hybridized carbons (Fsp3) is 0.778. The molecule has 4 bridgehead atoms. The van der Waals surface area contributed by atoms with Crippen molar-refractivity contribution in [2.24, 2.45) is 23.7 Å². The topological polar surface area (TPSA) is 0 Å². The molecule has 3 aliphatic carbocycles. The molecule has 0 saturated heterocycles. The summed E-state index contributed by atoms with van der Waals surface area (Å²) < 4.78 is 5.84. The van der Waals surface area contributed by atoms with E-state index in [0.717, 1.165) is 21.7 Å². The van der Waals surface area contributed by atoms with Gasteiger partial charge >= 0.3 is 0 Å². The lowest BCUT2D eigenvalue weighted by molar-refractivity contribution is 0.348. The Morgan fingerprint density at radius 1 is 0.600 bits per heavy atom. The standard InChI is InChI=1S/C27H41I3/c1-20-21-11-6-3-2-4-7-12-22-13-8-5-9-14-23(17-24(30)16-10-15-21)26(19-29)27(20)25(22)18-28/h18-19,21-24,27H,1-17H2/b25-18-,26-19?/t21-,22+,23+,24?,27-/m0/s1. The summed E-state index contributed by atoms with van der Waals surface area (Å²) in [5.41, 5.74) is 5.07. The van der Waals surface area contributed by atoms with Crippen molar-refractivity contribution in [1.82, 2.24) is 0 Å². The fourth-order valence-corrected chi connectivity index (χ4v) is 9.12. The maximum Gasteiger partial charge on any atom is 0.0237 e. The van der Waals surface area contributed by atoms with E-state index in [-0.39, 0.29) is 0 Å². The molecular formula is C27H41I3. The summed E-state index contributed by atoms with van der Waals surface area (Å²) in [5.74, 6) is 2.76. The van der Waals surface area contributed by atoms with Gasteiger partial charge in [0, 0.05) is 9.84 Å². The second kappa shape index (κ2) is 14.0. The van der Waals surface area contributed by atoms with Gasteiger partial charge in [-0.2, -0.15) is 0 Å². The molecule has 0 aliphatic heterocycles. The zero-order valence-corrected chi connectivity index (χ0v) is 25.2. The number of rotatable bonds is 0. The van der Waals surface area contributed by atoms with Gasteiger partial charge in [0.2, 0.25) is 0 Å². The largest absolute Gasteiger partial charge is 0.0986 e. The number of alkyl halides is 1. The lowest BCUT2D eigenvalue weighted by atomic mass is 9.67. The predicted octanol–water partition coefficient (Wildman–Crippen LogP) is 10.7. The van der Waals surface area contributed by atoms with Crippen LogP contribution < -0.4 is 0 Å². The van der Waals surface area contributed by atoms with Crippen LogP contribution in [0.25, 0.3) is 0 Å². The fourth-order valence-electron chi connectivity index (χ4n) is 6.33. The van der Waals surface area contributed by atoms with Gasteiger partial charge in [0.05, 0.1) is 0 Å². The van der Waals surface area contributed by atoms with Crippen molar-refractivity contribution in [1.29, 1.82) is 0 Å². The minimum Gasteiger partial charge on any atom is -0.0986 e. The lowest BCUT2D eigenvalue weighted by Crippen LogP contribution is -2.28. The Balaban J connectivity index is 2.08. The summed E-state index contributed by atoms with van der Waals surface area (Å²) in [7, 11) is 0. The molecule has 3 rings (SSSR count). The van der Waals surface area contributed by atoms with Crippen LogP contribution in [0.5, 0.6) is 0 Å². The molecule has 5 atom stereocenters. The molecule has 3 fully saturated rings. The molecule has 0 heterocycles. The molecule has 3 aliphatic rings. The first-order valence-electron chi connectivity index (χ1n) is 12.6. The summed E-state index contributed by atoms with van der Waals surface area (Å²) >= 11 is 7.94. The van der Waals surface area contributed by atoms with E-state index in [0.29, 0.717) is 5.92 Å². The van der Waals surface area contributed by atoms with Crippen LogP contribution >= 0.6 is 67.8 Å². The molecule has 1 unspecified atom stereocenters. The molecule has 3 heteroatoms. The number of hydrogen-bond acceptors (Lipinski definition) is 0. The molecule has 0 aromatic rings. The maximum atomic E-state index is 4.91. The zero-order valence-electron chi connectivity index (χ0n) is 18.7. The van der Waals surface area contributed by atoms with E-state index in [2.05, 4.69) is 75.9 Å². The highest BCUT2D eigenvalue weighted by Gasteiger charge is 2.35. The van der Waals surface area contributed by atoms with Crippen molar-refractivity contribution >= 4 is 67.8 Å². The Hall–Kier alpha value is 1.41. The van der Waals surface area contributed by atoms with Crippen LogP contribution in [0.4, 0.5) is 0 Å². The SMILES string of the molecule is C=C1[C@H]2CCCCCCC[C@@H]3CCCCC[C@H](CC(I)CCC2)C(=CI)[C@@H]1/C3=C\I. The molecular weight excluding hydrogens is 705 g/mol. The number of allylic oxidation sites excluding steroid dienone is 3. The summed E-state index contributed by atoms with van der Waals surface area (Å²) in [6.07, 6.45) is 22.5. The highest BCUT2D eigenvalue weighted by atomic mass is 127. The van der Waals surface area contributed by atoms with Crippen LogP contribution in [-0.2, 0) is 0 Å². The molecule has 3 saturated carbocycles. The van der Waals surface area contributed by atoms with Crippen molar-refractivity contribution in [3.63, 3.8) is 0 Å². The van der Waals surface area contributed by atoms with E-state index in [9.17, 15) is 0 Å². The van der Waals surface area contributed by atoms with E-state index in [1.807, 2.05) is 0 Å². The highest BCUT2D eigenvalue weighted by molar-refractivity contribution is 14.1. The number of hydrogen-bond donors (Lipinski definition) is 0. The molecule has 0 nitrogen and oxygen atoms in total. The van der Waals surface area contributed by atoms with Gasteiger partial charge in [-0.15, -0.1) is 0 Å². The number of halogens is 3. The maximum absolute atomic E-state index is 4.91. The normalized spacial score (nSPS) is 38.2. The summed E-state index contributed by atoms with van der Waals surface area (Å²) in [5, 5.41) is 0. The van der Waals surface area contributed by atoms with Gasteiger partial charge in [-0.1, -0.05) is 138 Å². The third-order valence-corrected chi connectivity index (χ3v) is 10.6. The summed E-state index contributed by atoms with van der Waals surface area (Å²) in [6.45, 7) is 4.91. The van der Waals surface area contributed by atoms with Crippen molar-refractivity contribution in [3.05, 3.63) is 31.5 Å². The highest BCUT2D eigenvalue weighted by Crippen LogP contribution is 2.48. The Morgan fingerprint density at radius 3 is 1.70 bits per heavy atom. The second-order valence-corrected chi connectivity index (χ2v) is 13.1. The molecule has 0 radical (unpaired) electrons. The Labute approximate surface area is 227 Å². The van der Waals surface area contributed by atoms with Crippen LogP contribution in [0.15, 0.2) is 31.5 Å². The third-order valence-electron chi connectivity index (χ3n) is 8.08. The van der Waals surface area contributed by atoms with Crippen LogP contribution in [-0.4, -0.2) is 3.92 Å². The molecule has 0 N–H and O–H groups in total. The molecule has 30 heavy (non-hydrogen) atoms. The van der Waals surface area contributed by atoms with Gasteiger partial charge in [-0.3, -0.25) is 0 Å². The second-order valence-electron chi connectivity index (χ2n) is 10.1.